The van der Waals surface area contributed by atoms with Crippen LogP contribution in [0.1, 0.15) is 34.6 Å². The number of amides is 2. The zero-order valence-corrected chi connectivity index (χ0v) is 20.3. The van der Waals surface area contributed by atoms with Gasteiger partial charge in [-0.3, -0.25) is 19.2 Å². The van der Waals surface area contributed by atoms with Gasteiger partial charge in [0.05, 0.1) is 11.5 Å². The fourth-order valence-electron chi connectivity index (χ4n) is 4.11. The predicted molar refractivity (Wildman–Crippen MR) is 120 cm³/mol. The number of fused-ring (bicyclic) bond motifs is 1. The Labute approximate surface area is 203 Å². The van der Waals surface area contributed by atoms with E-state index in [0.29, 0.717) is 5.75 Å². The van der Waals surface area contributed by atoms with Crippen LogP contribution < -0.4 is 10.1 Å². The summed E-state index contributed by atoms with van der Waals surface area (Å²) in [6.45, 7) is 6.90. The first kappa shape index (κ1) is 26.0. The minimum Gasteiger partial charge on any atom is -0.484 e. The van der Waals surface area contributed by atoms with E-state index in [9.17, 15) is 24.0 Å². The van der Waals surface area contributed by atoms with Crippen molar-refractivity contribution in [1.82, 2.24) is 10.2 Å². The molecule has 2 amide bonds. The fourth-order valence-corrected chi connectivity index (χ4v) is 4.11. The van der Waals surface area contributed by atoms with Crippen LogP contribution in [0, 0.1) is 11.3 Å². The van der Waals surface area contributed by atoms with Crippen molar-refractivity contribution in [2.24, 2.45) is 11.3 Å². The second kappa shape index (κ2) is 10.3. The number of hydrogen-bond donors (Lipinski definition) is 1. The van der Waals surface area contributed by atoms with Gasteiger partial charge in [-0.1, -0.05) is 25.1 Å². The van der Waals surface area contributed by atoms with Crippen molar-refractivity contribution in [2.45, 2.75) is 58.8 Å². The van der Waals surface area contributed by atoms with Crippen molar-refractivity contribution < 1.29 is 42.9 Å². The topological polar surface area (TPSA) is 138 Å². The van der Waals surface area contributed by atoms with E-state index in [-0.39, 0.29) is 6.61 Å². The average Bonchev–Trinajstić information content (AvgIpc) is 3.04. The first-order valence-corrected chi connectivity index (χ1v) is 11.2. The van der Waals surface area contributed by atoms with Gasteiger partial charge < -0.3 is 29.2 Å². The Kier molecular flexibility index (Phi) is 7.67. The number of nitrogens with zero attached hydrogens (tertiary/aromatic N) is 1. The summed E-state index contributed by atoms with van der Waals surface area (Å²) in [6, 6.07) is 5.88. The summed E-state index contributed by atoms with van der Waals surface area (Å²) >= 11 is 0. The van der Waals surface area contributed by atoms with Gasteiger partial charge in [-0.05, 0) is 32.9 Å². The highest BCUT2D eigenvalue weighted by molar-refractivity contribution is 5.98. The molecule has 2 aliphatic rings. The molecule has 0 radical (unpaired) electrons. The van der Waals surface area contributed by atoms with Crippen molar-refractivity contribution in [3.8, 4) is 5.75 Å². The SMILES string of the molecule is CC(=O)OC1C(C)C(C(=O)OCOC(=O)C(C)(C)C)N2C(=O)C(NC(=O)COc3ccccc3)[C@@H]12. The third kappa shape index (κ3) is 5.72. The summed E-state index contributed by atoms with van der Waals surface area (Å²) in [7, 11) is 0. The van der Waals surface area contributed by atoms with E-state index in [1.807, 2.05) is 0 Å². The summed E-state index contributed by atoms with van der Waals surface area (Å²) in [4.78, 5) is 62.9. The third-order valence-electron chi connectivity index (χ3n) is 5.81. The molecule has 1 aromatic carbocycles. The van der Waals surface area contributed by atoms with Gasteiger partial charge in [-0.15, -0.1) is 0 Å². The van der Waals surface area contributed by atoms with E-state index in [4.69, 9.17) is 18.9 Å². The number of carbonyl (C=O) groups is 5. The first-order valence-electron chi connectivity index (χ1n) is 11.2. The van der Waals surface area contributed by atoms with Crippen LogP contribution in [0.25, 0.3) is 0 Å². The highest BCUT2D eigenvalue weighted by Gasteiger charge is 2.65. The van der Waals surface area contributed by atoms with Gasteiger partial charge in [0.1, 0.15) is 23.9 Å². The molecule has 2 aliphatic heterocycles. The number of ether oxygens (including phenoxy) is 4. The molecule has 2 heterocycles. The summed E-state index contributed by atoms with van der Waals surface area (Å²) in [5.41, 5.74) is -0.776. The van der Waals surface area contributed by atoms with E-state index in [1.54, 1.807) is 58.0 Å². The zero-order valence-electron chi connectivity index (χ0n) is 20.3. The highest BCUT2D eigenvalue weighted by atomic mass is 16.7. The molecule has 35 heavy (non-hydrogen) atoms. The van der Waals surface area contributed by atoms with Crippen molar-refractivity contribution in [3.63, 3.8) is 0 Å². The Morgan fingerprint density at radius 1 is 1.06 bits per heavy atom. The average molecular weight is 491 g/mol. The van der Waals surface area contributed by atoms with E-state index in [0.717, 1.165) is 0 Å². The molecule has 190 valence electrons. The maximum absolute atomic E-state index is 12.9. The van der Waals surface area contributed by atoms with Crippen LogP contribution >= 0.6 is 0 Å². The second-order valence-corrected chi connectivity index (χ2v) is 9.52. The minimum absolute atomic E-state index is 0.321. The standard InChI is InChI=1S/C24H30N2O9/c1-13-18(22(30)33-12-34-23(31)24(3,4)5)26-19(20(13)35-14(2)27)17(21(26)29)25-16(28)11-32-15-9-7-6-8-10-15/h6-10,13,17-20H,11-12H2,1-5H3,(H,25,28)/t13?,17?,18?,19-,20?/m0/s1. The molecule has 11 nitrogen and oxygen atoms in total. The molecular formula is C24H30N2O9. The Morgan fingerprint density at radius 3 is 2.31 bits per heavy atom. The molecule has 5 atom stereocenters. The molecule has 0 saturated carbocycles. The van der Waals surface area contributed by atoms with Crippen LogP contribution in [-0.4, -0.2) is 72.3 Å². The number of carbonyl (C=O) groups excluding carboxylic acids is 5. The first-order chi connectivity index (χ1) is 16.4. The number of para-hydroxylation sites is 1. The molecule has 11 heteroatoms. The quantitative estimate of drug-likeness (QED) is 0.319. The zero-order chi connectivity index (χ0) is 25.9. The molecule has 0 bridgehead atoms. The maximum Gasteiger partial charge on any atom is 0.332 e. The number of β-lactam (4-membered cyclic amide) rings is 1. The van der Waals surface area contributed by atoms with E-state index in [1.165, 1.54) is 11.8 Å². The molecule has 4 unspecified atom stereocenters. The normalized spacial score (nSPS) is 25.1. The van der Waals surface area contributed by atoms with Crippen molar-refractivity contribution in [1.29, 1.82) is 0 Å². The van der Waals surface area contributed by atoms with Crippen molar-refractivity contribution in [2.75, 3.05) is 13.4 Å². The van der Waals surface area contributed by atoms with Crippen molar-refractivity contribution >= 4 is 29.7 Å². The molecule has 0 spiro atoms. The largest absolute Gasteiger partial charge is 0.484 e. The highest BCUT2D eigenvalue weighted by Crippen LogP contribution is 2.41. The molecule has 2 saturated heterocycles. The van der Waals surface area contributed by atoms with E-state index >= 15 is 0 Å². The summed E-state index contributed by atoms with van der Waals surface area (Å²) in [5, 5.41) is 2.60. The molecule has 3 rings (SSSR count). The van der Waals surface area contributed by atoms with Gasteiger partial charge >= 0.3 is 17.9 Å². The predicted octanol–water partition coefficient (Wildman–Crippen LogP) is 0.801. The molecule has 0 aromatic heterocycles. The summed E-state index contributed by atoms with van der Waals surface area (Å²) in [6.07, 6.45) is -0.847. The second-order valence-electron chi connectivity index (χ2n) is 9.52. The molecular weight excluding hydrogens is 460 g/mol. The molecule has 0 aliphatic carbocycles. The number of esters is 3. The molecule has 1 aromatic rings. The third-order valence-corrected chi connectivity index (χ3v) is 5.81. The lowest BCUT2D eigenvalue weighted by atomic mass is 9.91. The van der Waals surface area contributed by atoms with Gasteiger partial charge in [0, 0.05) is 12.8 Å². The van der Waals surface area contributed by atoms with Crippen LogP contribution in [0.15, 0.2) is 30.3 Å². The van der Waals surface area contributed by atoms with Gasteiger partial charge in [0.2, 0.25) is 12.7 Å². The molecule has 2 fully saturated rings. The Bertz CT molecular complexity index is 988. The van der Waals surface area contributed by atoms with Crippen LogP contribution in [0.5, 0.6) is 5.75 Å². The van der Waals surface area contributed by atoms with Crippen LogP contribution in [0.2, 0.25) is 0 Å². The number of nitrogens with one attached hydrogen (secondary N) is 1. The van der Waals surface area contributed by atoms with E-state index < -0.39 is 72.1 Å². The Morgan fingerprint density at radius 2 is 1.71 bits per heavy atom. The lowest BCUT2D eigenvalue weighted by Crippen LogP contribution is -2.73. The fraction of sp³-hybridized carbons (Fsp3) is 0.542. The smallest absolute Gasteiger partial charge is 0.332 e. The number of rotatable bonds is 8. The Balaban J connectivity index is 1.65. The summed E-state index contributed by atoms with van der Waals surface area (Å²) in [5.74, 6) is -3.14. The van der Waals surface area contributed by atoms with Gasteiger partial charge in [0.25, 0.3) is 5.91 Å². The molecule has 1 N–H and O–H groups in total. The Hall–Kier alpha value is -3.63. The number of hydrogen-bond acceptors (Lipinski definition) is 9. The van der Waals surface area contributed by atoms with Crippen LogP contribution in [0.3, 0.4) is 0 Å². The van der Waals surface area contributed by atoms with Gasteiger partial charge in [-0.25, -0.2) is 4.79 Å². The van der Waals surface area contributed by atoms with Crippen molar-refractivity contribution in [3.05, 3.63) is 30.3 Å². The van der Waals surface area contributed by atoms with Gasteiger partial charge in [-0.2, -0.15) is 0 Å². The minimum atomic E-state index is -1.07. The number of benzene rings is 1. The summed E-state index contributed by atoms with van der Waals surface area (Å²) < 4.78 is 20.9. The van der Waals surface area contributed by atoms with Gasteiger partial charge in [0.15, 0.2) is 6.61 Å². The van der Waals surface area contributed by atoms with Crippen LogP contribution in [-0.2, 0) is 38.2 Å². The lowest BCUT2D eigenvalue weighted by molar-refractivity contribution is -0.180. The monoisotopic (exact) mass is 490 g/mol. The van der Waals surface area contributed by atoms with Crippen LogP contribution in [0.4, 0.5) is 0 Å². The maximum atomic E-state index is 12.9. The van der Waals surface area contributed by atoms with E-state index in [2.05, 4.69) is 5.32 Å². The lowest BCUT2D eigenvalue weighted by Gasteiger charge is -2.45.